The average molecular weight is 276 g/mol. The summed E-state index contributed by atoms with van der Waals surface area (Å²) in [6.07, 6.45) is 1.62. The van der Waals surface area contributed by atoms with Gasteiger partial charge < -0.3 is 5.32 Å². The number of carbonyl (C=O) groups is 2. The second-order valence-electron chi connectivity index (χ2n) is 3.75. The average Bonchev–Trinajstić information content (AvgIpc) is 2.82. The zero-order valence-electron chi connectivity index (χ0n) is 10.2. The molecule has 0 bridgehead atoms. The molecule has 2 rings (SSSR count). The highest BCUT2D eigenvalue weighted by Gasteiger charge is 2.14. The van der Waals surface area contributed by atoms with Gasteiger partial charge in [0.25, 0.3) is 0 Å². The predicted octanol–water partition coefficient (Wildman–Crippen LogP) is 1.10. The monoisotopic (exact) mass is 276 g/mol. The quantitative estimate of drug-likeness (QED) is 0.822. The van der Waals surface area contributed by atoms with Gasteiger partial charge in [0.05, 0.1) is 17.9 Å². The Labute approximate surface area is 113 Å². The highest BCUT2D eigenvalue weighted by atomic mass is 32.1. The highest BCUT2D eigenvalue weighted by Crippen LogP contribution is 2.13. The number of hydrogen-bond acceptors (Lipinski definition) is 5. The lowest BCUT2D eigenvalue weighted by Gasteiger charge is -2.03. The maximum atomic E-state index is 11.6. The lowest BCUT2D eigenvalue weighted by atomic mass is 10.3. The number of aromatic nitrogens is 2. The Morgan fingerprint density at radius 3 is 2.79 bits per heavy atom. The Morgan fingerprint density at radius 2 is 2.16 bits per heavy atom. The molecule has 2 amide bonds. The molecule has 0 aromatic carbocycles. The topological polar surface area (TPSA) is 84.0 Å². The molecule has 19 heavy (non-hydrogen) atoms. The van der Waals surface area contributed by atoms with Crippen molar-refractivity contribution in [2.75, 3.05) is 5.32 Å². The smallest absolute Gasteiger partial charge is 0.315 e. The molecule has 0 saturated carbocycles. The molecule has 0 aliphatic heterocycles. The van der Waals surface area contributed by atoms with Crippen molar-refractivity contribution in [3.05, 3.63) is 41.2 Å². The molecular formula is C12H12N4O2S. The van der Waals surface area contributed by atoms with Crippen LogP contribution in [0.15, 0.2) is 29.8 Å². The number of anilines is 1. The molecule has 6 nitrogen and oxygen atoms in total. The fourth-order valence-corrected chi connectivity index (χ4v) is 2.00. The van der Waals surface area contributed by atoms with Crippen molar-refractivity contribution in [1.82, 2.24) is 15.3 Å². The lowest BCUT2D eigenvalue weighted by molar-refractivity contribution is -0.136. The fourth-order valence-electron chi connectivity index (χ4n) is 1.32. The molecule has 0 atom stereocenters. The molecule has 98 valence electrons. The van der Waals surface area contributed by atoms with E-state index in [0.717, 1.165) is 5.69 Å². The minimum atomic E-state index is -0.731. The molecule has 0 aliphatic rings. The maximum absolute atomic E-state index is 11.6. The zero-order chi connectivity index (χ0) is 13.7. The van der Waals surface area contributed by atoms with Crippen molar-refractivity contribution in [1.29, 1.82) is 0 Å². The van der Waals surface area contributed by atoms with Gasteiger partial charge in [0.2, 0.25) is 0 Å². The Bertz CT molecular complexity index is 582. The van der Waals surface area contributed by atoms with Crippen LogP contribution in [0, 0.1) is 6.92 Å². The number of rotatable bonds is 3. The predicted molar refractivity (Wildman–Crippen MR) is 71.6 cm³/mol. The molecule has 0 spiro atoms. The summed E-state index contributed by atoms with van der Waals surface area (Å²) in [6.45, 7) is 2.03. The molecule has 0 aliphatic carbocycles. The molecule has 2 aromatic heterocycles. The summed E-state index contributed by atoms with van der Waals surface area (Å²) in [7, 11) is 0. The molecular weight excluding hydrogens is 264 g/mol. The largest absolute Gasteiger partial charge is 0.342 e. The summed E-state index contributed by atoms with van der Waals surface area (Å²) in [5, 5.41) is 7.13. The third kappa shape index (κ3) is 3.85. The summed E-state index contributed by atoms with van der Waals surface area (Å²) >= 11 is 1.27. The summed E-state index contributed by atoms with van der Waals surface area (Å²) in [5.41, 5.74) is 1.49. The SMILES string of the molecule is Cc1csc(NC(=O)C(=O)NCc2ccccn2)n1. The van der Waals surface area contributed by atoms with Crippen LogP contribution in [0.1, 0.15) is 11.4 Å². The number of carbonyl (C=O) groups excluding carboxylic acids is 2. The standard InChI is InChI=1S/C12H12N4O2S/c1-8-7-19-12(15-8)16-11(18)10(17)14-6-9-4-2-3-5-13-9/h2-5,7H,6H2,1H3,(H,14,17)(H,15,16,18). The maximum Gasteiger partial charge on any atom is 0.315 e. The van der Waals surface area contributed by atoms with Crippen molar-refractivity contribution < 1.29 is 9.59 Å². The van der Waals surface area contributed by atoms with E-state index in [-0.39, 0.29) is 6.54 Å². The first kappa shape index (κ1) is 13.2. The van der Waals surface area contributed by atoms with Gasteiger partial charge in [-0.2, -0.15) is 0 Å². The van der Waals surface area contributed by atoms with E-state index in [9.17, 15) is 9.59 Å². The lowest BCUT2D eigenvalue weighted by Crippen LogP contribution is -2.35. The van der Waals surface area contributed by atoms with Crippen molar-refractivity contribution in [3.8, 4) is 0 Å². The van der Waals surface area contributed by atoms with Gasteiger partial charge in [-0.15, -0.1) is 11.3 Å². The van der Waals surface area contributed by atoms with E-state index in [4.69, 9.17) is 0 Å². The van der Waals surface area contributed by atoms with Gasteiger partial charge in [0.1, 0.15) is 0 Å². The second kappa shape index (κ2) is 6.05. The van der Waals surface area contributed by atoms with Crippen molar-refractivity contribution in [3.63, 3.8) is 0 Å². The van der Waals surface area contributed by atoms with E-state index < -0.39 is 11.8 Å². The van der Waals surface area contributed by atoms with Crippen LogP contribution < -0.4 is 10.6 Å². The molecule has 0 saturated heterocycles. The van der Waals surface area contributed by atoms with Crippen LogP contribution in [0.3, 0.4) is 0 Å². The van der Waals surface area contributed by atoms with Crippen LogP contribution in [-0.4, -0.2) is 21.8 Å². The van der Waals surface area contributed by atoms with E-state index in [1.165, 1.54) is 11.3 Å². The molecule has 2 heterocycles. The van der Waals surface area contributed by atoms with Crippen LogP contribution in [0.2, 0.25) is 0 Å². The van der Waals surface area contributed by atoms with Gasteiger partial charge in [0, 0.05) is 11.6 Å². The minimum absolute atomic E-state index is 0.212. The summed E-state index contributed by atoms with van der Waals surface area (Å²) in [5.74, 6) is -1.44. The number of nitrogens with zero attached hydrogens (tertiary/aromatic N) is 2. The fraction of sp³-hybridized carbons (Fsp3) is 0.167. The van der Waals surface area contributed by atoms with Crippen LogP contribution >= 0.6 is 11.3 Å². The first-order valence-corrected chi connectivity index (χ1v) is 6.44. The van der Waals surface area contributed by atoms with Crippen LogP contribution in [0.4, 0.5) is 5.13 Å². The van der Waals surface area contributed by atoms with Gasteiger partial charge in [-0.3, -0.25) is 19.9 Å². The van der Waals surface area contributed by atoms with Crippen molar-refractivity contribution >= 4 is 28.3 Å². The van der Waals surface area contributed by atoms with Gasteiger partial charge >= 0.3 is 11.8 Å². The van der Waals surface area contributed by atoms with E-state index in [0.29, 0.717) is 10.8 Å². The first-order valence-electron chi connectivity index (χ1n) is 5.56. The van der Waals surface area contributed by atoms with Gasteiger partial charge in [0.15, 0.2) is 5.13 Å². The van der Waals surface area contributed by atoms with Gasteiger partial charge in [-0.25, -0.2) is 4.98 Å². The van der Waals surface area contributed by atoms with E-state index in [1.54, 1.807) is 23.7 Å². The highest BCUT2D eigenvalue weighted by molar-refractivity contribution is 7.14. The zero-order valence-corrected chi connectivity index (χ0v) is 11.0. The Morgan fingerprint density at radius 1 is 1.32 bits per heavy atom. The molecule has 0 fully saturated rings. The number of amides is 2. The van der Waals surface area contributed by atoms with Gasteiger partial charge in [-0.1, -0.05) is 6.07 Å². The number of thiazole rings is 1. The second-order valence-corrected chi connectivity index (χ2v) is 4.61. The van der Waals surface area contributed by atoms with Crippen LogP contribution in [0.25, 0.3) is 0 Å². The molecule has 2 N–H and O–H groups in total. The Kier molecular flexibility index (Phi) is 4.19. The Hall–Kier alpha value is -2.28. The summed E-state index contributed by atoms with van der Waals surface area (Å²) < 4.78 is 0. The molecule has 7 heteroatoms. The van der Waals surface area contributed by atoms with Crippen LogP contribution in [-0.2, 0) is 16.1 Å². The molecule has 2 aromatic rings. The van der Waals surface area contributed by atoms with E-state index >= 15 is 0 Å². The van der Waals surface area contributed by atoms with E-state index in [2.05, 4.69) is 20.6 Å². The number of pyridine rings is 1. The first-order chi connectivity index (χ1) is 9.15. The summed E-state index contributed by atoms with van der Waals surface area (Å²) in [6, 6.07) is 5.36. The van der Waals surface area contributed by atoms with Crippen molar-refractivity contribution in [2.24, 2.45) is 0 Å². The number of aryl methyl sites for hydroxylation is 1. The number of hydrogen-bond donors (Lipinski definition) is 2. The van der Waals surface area contributed by atoms with Crippen LogP contribution in [0.5, 0.6) is 0 Å². The normalized spacial score (nSPS) is 9.95. The third-order valence-corrected chi connectivity index (χ3v) is 3.08. The molecule has 0 radical (unpaired) electrons. The van der Waals surface area contributed by atoms with Gasteiger partial charge in [-0.05, 0) is 19.1 Å². The third-order valence-electron chi connectivity index (χ3n) is 2.20. The molecule has 0 unspecified atom stereocenters. The Balaban J connectivity index is 1.84. The number of nitrogens with one attached hydrogen (secondary N) is 2. The van der Waals surface area contributed by atoms with Crippen molar-refractivity contribution in [2.45, 2.75) is 13.5 Å². The summed E-state index contributed by atoms with van der Waals surface area (Å²) in [4.78, 5) is 31.2. The van der Waals surface area contributed by atoms with E-state index in [1.807, 2.05) is 13.0 Å². The minimum Gasteiger partial charge on any atom is -0.342 e.